The van der Waals surface area contributed by atoms with Gasteiger partial charge in [0, 0.05) is 34.1 Å². The molecule has 0 fully saturated rings. The largest absolute Gasteiger partial charge is 0.497 e. The van der Waals surface area contributed by atoms with E-state index in [1.54, 1.807) is 41.1 Å². The zero-order chi connectivity index (χ0) is 26.6. The number of rotatable bonds is 15. The Kier molecular flexibility index (Phi) is 11.0. The highest BCUT2D eigenvalue weighted by atomic mass is 32.1. The van der Waals surface area contributed by atoms with E-state index < -0.39 is 0 Å². The molecule has 0 saturated carbocycles. The zero-order valence-corrected chi connectivity index (χ0v) is 24.2. The molecule has 0 bridgehead atoms. The fourth-order valence-electron chi connectivity index (χ4n) is 4.28. The van der Waals surface area contributed by atoms with Crippen molar-refractivity contribution in [1.82, 2.24) is 9.80 Å². The second kappa shape index (κ2) is 14.9. The van der Waals surface area contributed by atoms with E-state index >= 15 is 0 Å². The molecule has 8 heteroatoms. The number of methoxy groups -OCH3 is 1. The summed E-state index contributed by atoms with van der Waals surface area (Å²) in [5, 5.41) is 6.12. The van der Waals surface area contributed by atoms with E-state index in [-0.39, 0.29) is 11.8 Å². The number of ether oxygens (including phenoxy) is 1. The van der Waals surface area contributed by atoms with Crippen LogP contribution in [0.5, 0.6) is 5.75 Å². The van der Waals surface area contributed by atoms with Crippen LogP contribution in [0.4, 0.5) is 0 Å². The molecule has 0 aliphatic carbocycles. The van der Waals surface area contributed by atoms with Crippen LogP contribution < -0.4 is 4.74 Å². The highest BCUT2D eigenvalue weighted by Gasteiger charge is 2.17. The minimum atomic E-state index is 0.129. The van der Waals surface area contributed by atoms with E-state index in [2.05, 4.69) is 22.9 Å². The van der Waals surface area contributed by atoms with Gasteiger partial charge in [0.25, 0.3) is 0 Å². The van der Waals surface area contributed by atoms with Gasteiger partial charge in [-0.05, 0) is 64.9 Å². The van der Waals surface area contributed by atoms with Crippen molar-refractivity contribution >= 4 is 45.8 Å². The molecule has 3 heterocycles. The van der Waals surface area contributed by atoms with Crippen molar-refractivity contribution in [1.29, 1.82) is 0 Å². The lowest BCUT2D eigenvalue weighted by Gasteiger charge is -2.24. The Morgan fingerprint density at radius 3 is 1.97 bits per heavy atom. The molecule has 4 aromatic rings. The third kappa shape index (κ3) is 8.82. The number of unbranched alkanes of at least 4 members (excludes halogenated alkanes) is 2. The SMILES string of the molecule is COc1cccc(CN(CCCCCC(=O)N(Cc2cccs2)Cc2cccs2)C(=O)Cc2cccs2)c1. The highest BCUT2D eigenvalue weighted by Crippen LogP contribution is 2.20. The topological polar surface area (TPSA) is 49.9 Å². The Labute approximate surface area is 237 Å². The monoisotopic (exact) mass is 566 g/mol. The summed E-state index contributed by atoms with van der Waals surface area (Å²) in [6, 6.07) is 20.1. The molecule has 38 heavy (non-hydrogen) atoms. The zero-order valence-electron chi connectivity index (χ0n) is 21.7. The summed E-state index contributed by atoms with van der Waals surface area (Å²) in [5.41, 5.74) is 1.05. The fraction of sp³-hybridized carbons (Fsp3) is 0.333. The van der Waals surface area contributed by atoms with Gasteiger partial charge in [-0.15, -0.1) is 34.0 Å². The van der Waals surface area contributed by atoms with Crippen molar-refractivity contribution < 1.29 is 14.3 Å². The molecule has 0 spiro atoms. The van der Waals surface area contributed by atoms with Gasteiger partial charge in [0.15, 0.2) is 0 Å². The van der Waals surface area contributed by atoms with Gasteiger partial charge >= 0.3 is 0 Å². The number of nitrogens with zero attached hydrogens (tertiary/aromatic N) is 2. The Balaban J connectivity index is 1.29. The molecule has 0 aliphatic rings. The molecule has 0 unspecified atom stereocenters. The van der Waals surface area contributed by atoms with Crippen LogP contribution in [-0.2, 0) is 35.6 Å². The predicted octanol–water partition coefficient (Wildman–Crippen LogP) is 7.24. The Morgan fingerprint density at radius 2 is 1.37 bits per heavy atom. The molecule has 3 aromatic heterocycles. The highest BCUT2D eigenvalue weighted by molar-refractivity contribution is 7.10. The summed E-state index contributed by atoms with van der Waals surface area (Å²) in [5.74, 6) is 1.11. The van der Waals surface area contributed by atoms with Gasteiger partial charge < -0.3 is 14.5 Å². The quantitative estimate of drug-likeness (QED) is 0.143. The second-order valence-electron chi connectivity index (χ2n) is 9.14. The third-order valence-electron chi connectivity index (χ3n) is 6.29. The lowest BCUT2D eigenvalue weighted by molar-refractivity contribution is -0.133. The lowest BCUT2D eigenvalue weighted by Crippen LogP contribution is -2.32. The van der Waals surface area contributed by atoms with Gasteiger partial charge in [0.2, 0.25) is 11.8 Å². The van der Waals surface area contributed by atoms with Gasteiger partial charge in [-0.2, -0.15) is 0 Å². The van der Waals surface area contributed by atoms with E-state index in [0.717, 1.165) is 35.5 Å². The van der Waals surface area contributed by atoms with Crippen LogP contribution in [0.3, 0.4) is 0 Å². The van der Waals surface area contributed by atoms with Crippen LogP contribution in [-0.4, -0.2) is 35.3 Å². The molecular formula is C30H34N2O3S3. The van der Waals surface area contributed by atoms with Gasteiger partial charge in [-0.3, -0.25) is 9.59 Å². The van der Waals surface area contributed by atoms with E-state index in [1.807, 2.05) is 63.7 Å². The number of carbonyl (C=O) groups excluding carboxylic acids is 2. The Bertz CT molecular complexity index is 1200. The van der Waals surface area contributed by atoms with Crippen molar-refractivity contribution in [2.75, 3.05) is 13.7 Å². The maximum Gasteiger partial charge on any atom is 0.228 e. The third-order valence-corrected chi connectivity index (χ3v) is 8.89. The minimum absolute atomic E-state index is 0.129. The molecule has 200 valence electrons. The molecule has 4 rings (SSSR count). The van der Waals surface area contributed by atoms with Crippen molar-refractivity contribution in [3.05, 3.63) is 97.0 Å². The normalized spacial score (nSPS) is 10.9. The van der Waals surface area contributed by atoms with Gasteiger partial charge in [-0.25, -0.2) is 0 Å². The maximum atomic E-state index is 13.2. The number of benzene rings is 1. The van der Waals surface area contributed by atoms with Crippen LogP contribution >= 0.6 is 34.0 Å². The first-order valence-electron chi connectivity index (χ1n) is 12.9. The summed E-state index contributed by atoms with van der Waals surface area (Å²) in [7, 11) is 1.65. The molecule has 0 saturated heterocycles. The average Bonchev–Trinajstić information content (AvgIpc) is 3.72. The van der Waals surface area contributed by atoms with E-state index in [0.29, 0.717) is 39.0 Å². The van der Waals surface area contributed by atoms with E-state index in [9.17, 15) is 9.59 Å². The standard InChI is InChI=1S/C30H34N2O3S3/c1-35-25-10-5-9-24(19-25)21-31(30(34)20-26-11-6-16-36-26)15-4-2-3-14-29(33)32(22-27-12-7-17-37-27)23-28-13-8-18-38-28/h5-13,16-19H,2-4,14-15,20-23H2,1H3. The van der Waals surface area contributed by atoms with Crippen LogP contribution in [0.15, 0.2) is 76.8 Å². The first kappa shape index (κ1) is 28.1. The molecule has 5 nitrogen and oxygen atoms in total. The van der Waals surface area contributed by atoms with Crippen LogP contribution in [0.1, 0.15) is 45.9 Å². The smallest absolute Gasteiger partial charge is 0.228 e. The Morgan fingerprint density at radius 1 is 0.711 bits per heavy atom. The molecule has 0 atom stereocenters. The molecule has 0 N–H and O–H groups in total. The number of amides is 2. The number of hydrogen-bond acceptors (Lipinski definition) is 6. The van der Waals surface area contributed by atoms with Crippen molar-refractivity contribution in [2.24, 2.45) is 0 Å². The summed E-state index contributed by atoms with van der Waals surface area (Å²) in [6.45, 7) is 2.53. The van der Waals surface area contributed by atoms with Crippen LogP contribution in [0, 0.1) is 0 Å². The Hall–Kier alpha value is -2.94. The fourth-order valence-corrected chi connectivity index (χ4v) is 6.42. The van der Waals surface area contributed by atoms with E-state index in [1.165, 1.54) is 9.75 Å². The maximum absolute atomic E-state index is 13.2. The van der Waals surface area contributed by atoms with Gasteiger partial charge in [0.1, 0.15) is 5.75 Å². The molecular weight excluding hydrogens is 533 g/mol. The molecule has 0 aliphatic heterocycles. The summed E-state index contributed by atoms with van der Waals surface area (Å²) >= 11 is 4.99. The van der Waals surface area contributed by atoms with Crippen molar-refractivity contribution in [2.45, 2.75) is 51.7 Å². The number of hydrogen-bond donors (Lipinski definition) is 0. The summed E-state index contributed by atoms with van der Waals surface area (Å²) < 4.78 is 5.37. The van der Waals surface area contributed by atoms with E-state index in [4.69, 9.17) is 4.74 Å². The summed E-state index contributed by atoms with van der Waals surface area (Å²) in [6.07, 6.45) is 3.52. The lowest BCUT2D eigenvalue weighted by atomic mass is 10.1. The van der Waals surface area contributed by atoms with Crippen LogP contribution in [0.2, 0.25) is 0 Å². The predicted molar refractivity (Wildman–Crippen MR) is 158 cm³/mol. The van der Waals surface area contributed by atoms with Gasteiger partial charge in [0.05, 0.1) is 26.6 Å². The average molecular weight is 567 g/mol. The first-order valence-corrected chi connectivity index (χ1v) is 15.5. The minimum Gasteiger partial charge on any atom is -0.497 e. The van der Waals surface area contributed by atoms with Crippen LogP contribution in [0.25, 0.3) is 0 Å². The summed E-state index contributed by atoms with van der Waals surface area (Å²) in [4.78, 5) is 33.7. The van der Waals surface area contributed by atoms with Gasteiger partial charge in [-0.1, -0.05) is 36.8 Å². The molecule has 0 radical (unpaired) electrons. The second-order valence-corrected chi connectivity index (χ2v) is 12.2. The first-order chi connectivity index (χ1) is 18.6. The van der Waals surface area contributed by atoms with Crippen molar-refractivity contribution in [3.63, 3.8) is 0 Å². The molecule has 1 aromatic carbocycles. The number of carbonyl (C=O) groups is 2. The number of thiophene rings is 3. The molecule has 2 amide bonds. The van der Waals surface area contributed by atoms with Crippen molar-refractivity contribution in [3.8, 4) is 5.75 Å².